The molecule has 1 atom stereocenters. The lowest BCUT2D eigenvalue weighted by Gasteiger charge is -2.20. The zero-order valence-electron chi connectivity index (χ0n) is 14.2. The molecule has 0 bridgehead atoms. The molecule has 25 heavy (non-hydrogen) atoms. The molecule has 2 amide bonds. The number of halogens is 1. The second-order valence-corrected chi connectivity index (χ2v) is 6.23. The van der Waals surface area contributed by atoms with Gasteiger partial charge in [-0.05, 0) is 35.7 Å². The zero-order valence-corrected chi connectivity index (χ0v) is 14.2. The van der Waals surface area contributed by atoms with Gasteiger partial charge in [0.25, 0.3) is 0 Å². The van der Waals surface area contributed by atoms with Gasteiger partial charge < -0.3 is 10.2 Å². The molecule has 3 rings (SSSR count). The van der Waals surface area contributed by atoms with Gasteiger partial charge >= 0.3 is 0 Å². The van der Waals surface area contributed by atoms with E-state index >= 15 is 0 Å². The first-order valence-corrected chi connectivity index (χ1v) is 8.49. The molecule has 0 aliphatic carbocycles. The van der Waals surface area contributed by atoms with Crippen molar-refractivity contribution >= 4 is 17.5 Å². The van der Waals surface area contributed by atoms with Gasteiger partial charge in [-0.15, -0.1) is 0 Å². The van der Waals surface area contributed by atoms with Crippen LogP contribution in [-0.2, 0) is 22.6 Å². The van der Waals surface area contributed by atoms with Gasteiger partial charge in [-0.1, -0.05) is 37.3 Å². The number of para-hydroxylation sites is 1. The van der Waals surface area contributed by atoms with E-state index in [1.54, 1.807) is 17.0 Å². The fraction of sp³-hybridized carbons (Fsp3) is 0.300. The average molecular weight is 340 g/mol. The SMILES string of the molecule is CCc1ccccc1N1CC(C(=O)NCc2ccc(F)cc2)CC1=O. The number of anilines is 1. The quantitative estimate of drug-likeness (QED) is 0.909. The summed E-state index contributed by atoms with van der Waals surface area (Å²) in [5, 5.41) is 2.84. The first-order chi connectivity index (χ1) is 12.1. The first kappa shape index (κ1) is 17.1. The van der Waals surface area contributed by atoms with Crippen LogP contribution in [0.25, 0.3) is 0 Å². The molecule has 1 aliphatic rings. The highest BCUT2D eigenvalue weighted by molar-refractivity contribution is 6.00. The summed E-state index contributed by atoms with van der Waals surface area (Å²) in [5.74, 6) is -0.837. The first-order valence-electron chi connectivity index (χ1n) is 8.49. The van der Waals surface area contributed by atoms with Gasteiger partial charge in [0.05, 0.1) is 5.92 Å². The monoisotopic (exact) mass is 340 g/mol. The molecule has 1 unspecified atom stereocenters. The van der Waals surface area contributed by atoms with Crippen LogP contribution in [0.15, 0.2) is 48.5 Å². The summed E-state index contributed by atoms with van der Waals surface area (Å²) in [4.78, 5) is 26.5. The minimum Gasteiger partial charge on any atom is -0.352 e. The maximum absolute atomic E-state index is 12.9. The molecule has 130 valence electrons. The van der Waals surface area contributed by atoms with E-state index in [0.717, 1.165) is 23.2 Å². The van der Waals surface area contributed by atoms with Gasteiger partial charge in [-0.25, -0.2) is 4.39 Å². The normalized spacial score (nSPS) is 17.0. The molecule has 0 spiro atoms. The van der Waals surface area contributed by atoms with Crippen molar-refractivity contribution in [2.75, 3.05) is 11.4 Å². The van der Waals surface area contributed by atoms with E-state index in [2.05, 4.69) is 5.32 Å². The molecule has 1 saturated heterocycles. The molecule has 4 nitrogen and oxygen atoms in total. The van der Waals surface area contributed by atoms with E-state index in [-0.39, 0.29) is 30.0 Å². The van der Waals surface area contributed by atoms with Crippen molar-refractivity contribution in [3.05, 3.63) is 65.5 Å². The van der Waals surface area contributed by atoms with Gasteiger partial charge in [-0.3, -0.25) is 9.59 Å². The van der Waals surface area contributed by atoms with E-state index in [1.807, 2.05) is 31.2 Å². The topological polar surface area (TPSA) is 49.4 Å². The highest BCUT2D eigenvalue weighted by atomic mass is 19.1. The maximum Gasteiger partial charge on any atom is 0.227 e. The Kier molecular flexibility index (Phi) is 5.12. The summed E-state index contributed by atoms with van der Waals surface area (Å²) < 4.78 is 12.9. The molecular weight excluding hydrogens is 319 g/mol. The van der Waals surface area contributed by atoms with Gasteiger partial charge in [0.1, 0.15) is 5.82 Å². The minimum atomic E-state index is -0.363. The van der Waals surface area contributed by atoms with Crippen molar-refractivity contribution in [3.8, 4) is 0 Å². The molecule has 1 heterocycles. The number of rotatable bonds is 5. The van der Waals surface area contributed by atoms with Crippen LogP contribution in [0.5, 0.6) is 0 Å². The summed E-state index contributed by atoms with van der Waals surface area (Å²) in [7, 11) is 0. The van der Waals surface area contributed by atoms with Crippen molar-refractivity contribution in [1.82, 2.24) is 5.32 Å². The lowest BCUT2D eigenvalue weighted by atomic mass is 10.1. The van der Waals surface area contributed by atoms with Gasteiger partial charge in [-0.2, -0.15) is 0 Å². The molecule has 1 aliphatic heterocycles. The Morgan fingerprint density at radius 3 is 2.64 bits per heavy atom. The van der Waals surface area contributed by atoms with E-state index in [1.165, 1.54) is 12.1 Å². The number of nitrogens with one attached hydrogen (secondary N) is 1. The zero-order chi connectivity index (χ0) is 17.8. The molecular formula is C20H21FN2O2. The number of benzene rings is 2. The number of amides is 2. The third-order valence-electron chi connectivity index (χ3n) is 4.54. The third kappa shape index (κ3) is 3.87. The Balaban J connectivity index is 1.63. The summed E-state index contributed by atoms with van der Waals surface area (Å²) in [5.41, 5.74) is 2.82. The summed E-state index contributed by atoms with van der Waals surface area (Å²) in [6.45, 7) is 2.77. The van der Waals surface area contributed by atoms with Crippen LogP contribution in [0.4, 0.5) is 10.1 Å². The van der Waals surface area contributed by atoms with Gasteiger partial charge in [0.15, 0.2) is 0 Å². The van der Waals surface area contributed by atoms with Gasteiger partial charge in [0.2, 0.25) is 11.8 Å². The number of hydrogen-bond donors (Lipinski definition) is 1. The number of nitrogens with zero attached hydrogens (tertiary/aromatic N) is 1. The number of hydrogen-bond acceptors (Lipinski definition) is 2. The highest BCUT2D eigenvalue weighted by Crippen LogP contribution is 2.28. The van der Waals surface area contributed by atoms with E-state index in [9.17, 15) is 14.0 Å². The highest BCUT2D eigenvalue weighted by Gasteiger charge is 2.35. The summed E-state index contributed by atoms with van der Waals surface area (Å²) >= 11 is 0. The van der Waals surface area contributed by atoms with Crippen LogP contribution in [0.1, 0.15) is 24.5 Å². The summed E-state index contributed by atoms with van der Waals surface area (Å²) in [6.07, 6.45) is 1.05. The van der Waals surface area contributed by atoms with Crippen LogP contribution < -0.4 is 10.2 Å². The number of aryl methyl sites for hydroxylation is 1. The van der Waals surface area contributed by atoms with Crippen molar-refractivity contribution in [2.24, 2.45) is 5.92 Å². The molecule has 0 saturated carbocycles. The molecule has 0 radical (unpaired) electrons. The molecule has 1 N–H and O–H groups in total. The van der Waals surface area contributed by atoms with Crippen molar-refractivity contribution < 1.29 is 14.0 Å². The van der Waals surface area contributed by atoms with Crippen LogP contribution in [0.3, 0.4) is 0 Å². The van der Waals surface area contributed by atoms with Crippen LogP contribution in [0, 0.1) is 11.7 Å². The lowest BCUT2D eigenvalue weighted by molar-refractivity contribution is -0.126. The lowest BCUT2D eigenvalue weighted by Crippen LogP contribution is -2.32. The van der Waals surface area contributed by atoms with Crippen molar-refractivity contribution in [2.45, 2.75) is 26.3 Å². The number of carbonyl (C=O) groups is 2. The van der Waals surface area contributed by atoms with E-state index in [4.69, 9.17) is 0 Å². The molecule has 5 heteroatoms. The second kappa shape index (κ2) is 7.47. The van der Waals surface area contributed by atoms with Crippen molar-refractivity contribution in [1.29, 1.82) is 0 Å². The standard InChI is InChI=1S/C20H21FN2O2/c1-2-15-5-3-4-6-18(15)23-13-16(11-19(23)24)20(25)22-12-14-7-9-17(21)10-8-14/h3-10,16H,2,11-13H2,1H3,(H,22,25). The average Bonchev–Trinajstić information content (AvgIpc) is 3.02. The second-order valence-electron chi connectivity index (χ2n) is 6.23. The van der Waals surface area contributed by atoms with Gasteiger partial charge in [0, 0.05) is 25.2 Å². The third-order valence-corrected chi connectivity index (χ3v) is 4.54. The smallest absolute Gasteiger partial charge is 0.227 e. The number of carbonyl (C=O) groups excluding carboxylic acids is 2. The Morgan fingerprint density at radius 2 is 1.92 bits per heavy atom. The predicted octanol–water partition coefficient (Wildman–Crippen LogP) is 3.06. The largest absolute Gasteiger partial charge is 0.352 e. The fourth-order valence-corrected chi connectivity index (χ4v) is 3.12. The molecule has 2 aromatic rings. The maximum atomic E-state index is 12.9. The van der Waals surface area contributed by atoms with Crippen molar-refractivity contribution in [3.63, 3.8) is 0 Å². The van der Waals surface area contributed by atoms with Crippen LogP contribution in [-0.4, -0.2) is 18.4 Å². The molecule has 2 aromatic carbocycles. The Bertz CT molecular complexity index is 774. The van der Waals surface area contributed by atoms with Crippen LogP contribution in [0.2, 0.25) is 0 Å². The van der Waals surface area contributed by atoms with E-state index < -0.39 is 0 Å². The minimum absolute atomic E-state index is 0.0252. The molecule has 1 fully saturated rings. The molecule has 0 aromatic heterocycles. The van der Waals surface area contributed by atoms with Crippen LogP contribution >= 0.6 is 0 Å². The summed E-state index contributed by atoms with van der Waals surface area (Å²) in [6, 6.07) is 13.8. The Morgan fingerprint density at radius 1 is 1.20 bits per heavy atom. The predicted molar refractivity (Wildman–Crippen MR) is 94.5 cm³/mol. The van der Waals surface area contributed by atoms with E-state index in [0.29, 0.717) is 13.1 Å². The Hall–Kier alpha value is -2.69. The fourth-order valence-electron chi connectivity index (χ4n) is 3.12. The Labute approximate surface area is 146 Å².